The lowest BCUT2D eigenvalue weighted by molar-refractivity contribution is 0.675. The number of nitrogens with zero attached hydrogens (tertiary/aromatic N) is 2. The van der Waals surface area contributed by atoms with Gasteiger partial charge in [0.1, 0.15) is 16.5 Å². The number of nitrogens with one attached hydrogen (secondary N) is 1. The number of para-hydroxylation sites is 1. The minimum Gasteiger partial charge on any atom is -0.388 e. The molecule has 0 bridgehead atoms. The number of halogens is 2. The number of rotatable bonds is 6. The molecule has 22 heavy (non-hydrogen) atoms. The highest BCUT2D eigenvalue weighted by Gasteiger charge is 2.15. The van der Waals surface area contributed by atoms with E-state index in [0.29, 0.717) is 11.4 Å². The van der Waals surface area contributed by atoms with Crippen LogP contribution in [-0.2, 0) is 22.9 Å². The van der Waals surface area contributed by atoms with Crippen LogP contribution < -0.4 is 16.2 Å². The third kappa shape index (κ3) is 3.52. The van der Waals surface area contributed by atoms with Crippen LogP contribution >= 0.6 is 35.4 Å². The Hall–Kier alpha value is -1.35. The standard InChI is InChI=1S/C12H13Cl2N5OS2/c13-5-7-2-1-3-8(6-14)11(7)18-22(20)19-10(15)4-9(17-19)12(16)21/h1-4,18H,5-6,15H2,(H2,16,21). The van der Waals surface area contributed by atoms with Crippen LogP contribution in [0.25, 0.3) is 0 Å². The first kappa shape index (κ1) is 17.0. The summed E-state index contributed by atoms with van der Waals surface area (Å²) in [4.78, 5) is 0.0741. The van der Waals surface area contributed by atoms with Crippen LogP contribution in [0.2, 0.25) is 0 Å². The van der Waals surface area contributed by atoms with E-state index in [0.717, 1.165) is 15.2 Å². The summed E-state index contributed by atoms with van der Waals surface area (Å²) in [5.74, 6) is 0.665. The lowest BCUT2D eigenvalue weighted by Gasteiger charge is -2.14. The smallest absolute Gasteiger partial charge is 0.245 e. The van der Waals surface area contributed by atoms with Crippen LogP contribution in [0.1, 0.15) is 16.8 Å². The van der Waals surface area contributed by atoms with Crippen molar-refractivity contribution in [2.45, 2.75) is 11.8 Å². The molecule has 0 aliphatic rings. The van der Waals surface area contributed by atoms with E-state index in [4.69, 9.17) is 46.9 Å². The molecule has 0 aliphatic carbocycles. The number of thiocarbonyl (C=S) groups is 1. The minimum absolute atomic E-state index is 0.0741. The Bertz CT molecular complexity index is 712. The second kappa shape index (κ2) is 7.28. The molecule has 0 spiro atoms. The monoisotopic (exact) mass is 377 g/mol. The normalized spacial score (nSPS) is 12.1. The second-order valence-electron chi connectivity index (χ2n) is 4.26. The van der Waals surface area contributed by atoms with E-state index < -0.39 is 11.2 Å². The van der Waals surface area contributed by atoms with Crippen molar-refractivity contribution in [2.75, 3.05) is 10.5 Å². The van der Waals surface area contributed by atoms with Crippen LogP contribution in [0.4, 0.5) is 11.5 Å². The summed E-state index contributed by atoms with van der Waals surface area (Å²) < 4.78 is 16.4. The van der Waals surface area contributed by atoms with E-state index in [1.54, 1.807) is 0 Å². The molecule has 5 N–H and O–H groups in total. The number of nitrogens with two attached hydrogens (primary N) is 2. The van der Waals surface area contributed by atoms with Crippen molar-refractivity contribution < 1.29 is 4.21 Å². The highest BCUT2D eigenvalue weighted by atomic mass is 35.5. The van der Waals surface area contributed by atoms with Crippen molar-refractivity contribution in [1.82, 2.24) is 9.19 Å². The van der Waals surface area contributed by atoms with Gasteiger partial charge in [-0.15, -0.1) is 27.3 Å². The lowest BCUT2D eigenvalue weighted by atomic mass is 10.1. The zero-order valence-corrected chi connectivity index (χ0v) is 14.4. The first-order valence-electron chi connectivity index (χ1n) is 6.05. The van der Waals surface area contributed by atoms with E-state index >= 15 is 0 Å². The van der Waals surface area contributed by atoms with Crippen molar-refractivity contribution in [3.05, 3.63) is 41.1 Å². The second-order valence-corrected chi connectivity index (χ2v) is 6.28. The molecule has 1 aromatic heterocycles. The van der Waals surface area contributed by atoms with Gasteiger partial charge >= 0.3 is 0 Å². The Balaban J connectivity index is 2.35. The highest BCUT2D eigenvalue weighted by molar-refractivity contribution is 7.84. The first-order chi connectivity index (χ1) is 10.5. The topological polar surface area (TPSA) is 99.0 Å². The van der Waals surface area contributed by atoms with Gasteiger partial charge in [0.2, 0.25) is 11.2 Å². The molecule has 1 unspecified atom stereocenters. The third-order valence-corrected chi connectivity index (χ3v) is 4.60. The lowest BCUT2D eigenvalue weighted by Crippen LogP contribution is -2.19. The number of anilines is 2. The molecule has 2 rings (SSSR count). The fourth-order valence-electron chi connectivity index (χ4n) is 1.77. The summed E-state index contributed by atoms with van der Waals surface area (Å²) in [5, 5.41) is 4.01. The zero-order valence-electron chi connectivity index (χ0n) is 11.3. The van der Waals surface area contributed by atoms with Crippen LogP contribution in [0.15, 0.2) is 24.3 Å². The van der Waals surface area contributed by atoms with Gasteiger partial charge in [0.05, 0.1) is 5.69 Å². The molecule has 118 valence electrons. The maximum absolute atomic E-state index is 12.5. The summed E-state index contributed by atoms with van der Waals surface area (Å²) in [7, 11) is 0. The maximum Gasteiger partial charge on any atom is 0.245 e. The highest BCUT2D eigenvalue weighted by Crippen LogP contribution is 2.25. The summed E-state index contributed by atoms with van der Waals surface area (Å²) in [6.07, 6.45) is 0. The molecule has 10 heteroatoms. The Labute approximate surface area is 145 Å². The predicted molar refractivity (Wildman–Crippen MR) is 95.2 cm³/mol. The van der Waals surface area contributed by atoms with Crippen molar-refractivity contribution in [3.8, 4) is 0 Å². The average molecular weight is 378 g/mol. The van der Waals surface area contributed by atoms with Crippen molar-refractivity contribution in [2.24, 2.45) is 5.73 Å². The van der Waals surface area contributed by atoms with E-state index in [2.05, 4.69) is 9.82 Å². The van der Waals surface area contributed by atoms with E-state index in [-0.39, 0.29) is 22.6 Å². The molecule has 0 radical (unpaired) electrons. The number of aromatic nitrogens is 2. The summed E-state index contributed by atoms with van der Waals surface area (Å²) in [6.45, 7) is 0. The molecule has 1 aromatic carbocycles. The first-order valence-corrected chi connectivity index (χ1v) is 8.63. The van der Waals surface area contributed by atoms with Crippen LogP contribution in [0.3, 0.4) is 0 Å². The van der Waals surface area contributed by atoms with E-state index in [9.17, 15) is 4.21 Å². The molecule has 0 saturated heterocycles. The van der Waals surface area contributed by atoms with Gasteiger partial charge in [0.15, 0.2) is 0 Å². The summed E-state index contributed by atoms with van der Waals surface area (Å²) in [5.41, 5.74) is 13.7. The minimum atomic E-state index is -1.77. The molecule has 1 atom stereocenters. The van der Waals surface area contributed by atoms with Crippen LogP contribution in [0.5, 0.6) is 0 Å². The van der Waals surface area contributed by atoms with Crippen LogP contribution in [-0.4, -0.2) is 18.4 Å². The fraction of sp³-hybridized carbons (Fsp3) is 0.167. The quantitative estimate of drug-likeness (QED) is 0.528. The van der Waals surface area contributed by atoms with E-state index in [1.807, 2.05) is 18.2 Å². The molecular formula is C12H13Cl2N5OS2. The average Bonchev–Trinajstić information content (AvgIpc) is 2.89. The van der Waals surface area contributed by atoms with Gasteiger partial charge < -0.3 is 11.5 Å². The zero-order chi connectivity index (χ0) is 16.3. The molecule has 0 saturated carbocycles. The molecule has 0 fully saturated rings. The van der Waals surface area contributed by atoms with Gasteiger partial charge in [0.25, 0.3) is 0 Å². The Morgan fingerprint density at radius 3 is 2.41 bits per heavy atom. The van der Waals surface area contributed by atoms with Crippen LogP contribution in [0, 0.1) is 0 Å². The largest absolute Gasteiger partial charge is 0.388 e. The van der Waals surface area contributed by atoms with Gasteiger partial charge in [0, 0.05) is 17.8 Å². The van der Waals surface area contributed by atoms with Gasteiger partial charge in [-0.05, 0) is 11.1 Å². The molecule has 6 nitrogen and oxygen atoms in total. The maximum atomic E-state index is 12.5. The summed E-state index contributed by atoms with van der Waals surface area (Å²) in [6, 6.07) is 6.92. The van der Waals surface area contributed by atoms with Gasteiger partial charge in [-0.2, -0.15) is 5.10 Å². The SMILES string of the molecule is NC(=S)c1cc(N)n(S(=O)Nc2c(CCl)cccc2CCl)n1. The number of alkyl halides is 2. The van der Waals surface area contributed by atoms with Crippen molar-refractivity contribution >= 4 is 63.1 Å². The molecule has 2 aromatic rings. The van der Waals surface area contributed by atoms with Crippen molar-refractivity contribution in [1.29, 1.82) is 0 Å². The Morgan fingerprint density at radius 1 is 1.36 bits per heavy atom. The number of hydrogen-bond acceptors (Lipinski definition) is 4. The molecule has 0 amide bonds. The Kier molecular flexibility index (Phi) is 5.63. The molecule has 1 heterocycles. The Morgan fingerprint density at radius 2 is 1.95 bits per heavy atom. The number of hydrogen-bond donors (Lipinski definition) is 3. The van der Waals surface area contributed by atoms with Gasteiger partial charge in [-0.25, -0.2) is 4.21 Å². The fourth-order valence-corrected chi connectivity index (χ4v) is 3.25. The van der Waals surface area contributed by atoms with Gasteiger partial charge in [-0.3, -0.25) is 4.72 Å². The molecule has 0 aliphatic heterocycles. The van der Waals surface area contributed by atoms with E-state index in [1.165, 1.54) is 6.07 Å². The number of nitrogen functional groups attached to an aromatic ring is 1. The third-order valence-electron chi connectivity index (χ3n) is 2.83. The predicted octanol–water partition coefficient (Wildman–Crippen LogP) is 2.12. The summed E-state index contributed by atoms with van der Waals surface area (Å²) >= 11 is 14.9. The molecular weight excluding hydrogens is 365 g/mol. The van der Waals surface area contributed by atoms with Crippen molar-refractivity contribution in [3.63, 3.8) is 0 Å². The van der Waals surface area contributed by atoms with Gasteiger partial charge in [-0.1, -0.05) is 30.4 Å². The number of benzene rings is 1.